The Morgan fingerprint density at radius 1 is 1.48 bits per heavy atom. The molecule has 4 radical (unpaired) electrons. The van der Waals surface area contributed by atoms with Crippen LogP contribution in [0.1, 0.15) is 53.9 Å². The lowest BCUT2D eigenvalue weighted by atomic mass is 9.54. The Labute approximate surface area is 142 Å². The molecule has 1 atom stereocenters. The van der Waals surface area contributed by atoms with E-state index in [-0.39, 0.29) is 22.7 Å². The average Bonchev–Trinajstić information content (AvgIpc) is 3.04. The number of aliphatic hydroxyl groups is 1. The third-order valence-electron chi connectivity index (χ3n) is 4.06. The van der Waals surface area contributed by atoms with Gasteiger partial charge in [-0.25, -0.2) is 4.98 Å². The van der Waals surface area contributed by atoms with E-state index in [1.807, 2.05) is 6.92 Å². The summed E-state index contributed by atoms with van der Waals surface area (Å²) in [5, 5.41) is 12.0. The molecule has 1 aromatic heterocycles. The molecule has 0 aliphatic carbocycles. The highest BCUT2D eigenvalue weighted by atomic mass is 32.1. The van der Waals surface area contributed by atoms with Crippen molar-refractivity contribution in [1.82, 2.24) is 15.2 Å². The van der Waals surface area contributed by atoms with Crippen molar-refractivity contribution in [3.63, 3.8) is 0 Å². The van der Waals surface area contributed by atoms with Crippen LogP contribution >= 0.6 is 11.3 Å². The third-order valence-corrected chi connectivity index (χ3v) is 4.91. The zero-order chi connectivity index (χ0) is 17.4. The summed E-state index contributed by atoms with van der Waals surface area (Å²) in [6.07, 6.45) is 1.94. The second-order valence-electron chi connectivity index (χ2n) is 6.41. The second-order valence-corrected chi connectivity index (χ2v) is 7.27. The molecular formula is C14H19B2N3O3S. The molecule has 23 heavy (non-hydrogen) atoms. The van der Waals surface area contributed by atoms with Gasteiger partial charge in [0, 0.05) is 18.0 Å². The van der Waals surface area contributed by atoms with Gasteiger partial charge in [0.2, 0.25) is 0 Å². The maximum absolute atomic E-state index is 12.4. The minimum Gasteiger partial charge on any atom is -0.390 e. The SMILES string of the molecule is [B]C([B])(NC(=O)c1nc(C(=O)N2CCC[C@@H]2C)cs1)C(C)(C)O. The molecule has 0 unspecified atom stereocenters. The summed E-state index contributed by atoms with van der Waals surface area (Å²) in [5.74, 6) is -0.810. The van der Waals surface area contributed by atoms with Crippen molar-refractivity contribution in [1.29, 1.82) is 0 Å². The highest BCUT2D eigenvalue weighted by Crippen LogP contribution is 2.21. The standard InChI is InChI=1S/C14H19B2N3O3S/c1-8-5-4-6-19(8)12(21)9-7-23-11(17-9)10(20)18-14(15,16)13(2,3)22/h7-8,22H,4-6H2,1-3H3,(H,18,20)/t8-/m0/s1. The van der Waals surface area contributed by atoms with Gasteiger partial charge >= 0.3 is 0 Å². The van der Waals surface area contributed by atoms with Crippen LogP contribution in [0, 0.1) is 0 Å². The van der Waals surface area contributed by atoms with Gasteiger partial charge in [-0.1, -0.05) is 0 Å². The van der Waals surface area contributed by atoms with Gasteiger partial charge in [0.1, 0.15) is 5.69 Å². The number of carbonyl (C=O) groups is 2. The first-order valence-electron chi connectivity index (χ1n) is 7.42. The predicted octanol–water partition coefficient (Wildman–Crippen LogP) is 0.259. The summed E-state index contributed by atoms with van der Waals surface area (Å²) in [6, 6.07) is 0.178. The summed E-state index contributed by atoms with van der Waals surface area (Å²) in [6.45, 7) is 5.47. The number of amides is 2. The number of nitrogens with one attached hydrogen (secondary N) is 1. The van der Waals surface area contributed by atoms with Crippen molar-refractivity contribution in [3.8, 4) is 0 Å². The molecule has 2 amide bonds. The lowest BCUT2D eigenvalue weighted by molar-refractivity contribution is 0.0455. The molecule has 0 saturated carbocycles. The van der Waals surface area contributed by atoms with E-state index in [0.717, 1.165) is 24.2 Å². The predicted molar refractivity (Wildman–Crippen MR) is 89.8 cm³/mol. The Morgan fingerprint density at radius 3 is 2.65 bits per heavy atom. The van der Waals surface area contributed by atoms with E-state index in [0.29, 0.717) is 6.54 Å². The van der Waals surface area contributed by atoms with Gasteiger partial charge in [0.05, 0.1) is 21.3 Å². The molecule has 2 heterocycles. The molecule has 0 bridgehead atoms. The Kier molecular flexibility index (Phi) is 4.92. The maximum atomic E-state index is 12.4. The number of nitrogens with zero attached hydrogens (tertiary/aromatic N) is 2. The zero-order valence-corrected chi connectivity index (χ0v) is 14.3. The number of rotatable bonds is 4. The number of hydrogen-bond acceptors (Lipinski definition) is 5. The smallest absolute Gasteiger partial charge is 0.279 e. The molecule has 1 aliphatic rings. The van der Waals surface area contributed by atoms with E-state index in [1.165, 1.54) is 13.8 Å². The van der Waals surface area contributed by atoms with E-state index < -0.39 is 16.8 Å². The first kappa shape index (κ1) is 18.0. The summed E-state index contributed by atoms with van der Waals surface area (Å²) >= 11 is 1.03. The van der Waals surface area contributed by atoms with Gasteiger partial charge in [-0.05, 0) is 39.0 Å². The quantitative estimate of drug-likeness (QED) is 0.776. The van der Waals surface area contributed by atoms with Crippen molar-refractivity contribution in [2.45, 2.75) is 50.6 Å². The van der Waals surface area contributed by atoms with E-state index in [4.69, 9.17) is 15.7 Å². The Balaban J connectivity index is 2.10. The molecule has 9 heteroatoms. The minimum atomic E-state index is -1.82. The second kappa shape index (κ2) is 6.28. The van der Waals surface area contributed by atoms with Crippen LogP contribution in [0.4, 0.5) is 0 Å². The van der Waals surface area contributed by atoms with Crippen LogP contribution < -0.4 is 5.32 Å². The number of likely N-dealkylation sites (tertiary alicyclic amines) is 1. The fourth-order valence-electron chi connectivity index (χ4n) is 2.25. The summed E-state index contributed by atoms with van der Waals surface area (Å²) in [4.78, 5) is 30.4. The molecule has 0 aromatic carbocycles. The van der Waals surface area contributed by atoms with Crippen LogP contribution in [-0.4, -0.2) is 66.0 Å². The van der Waals surface area contributed by atoms with Crippen LogP contribution in [0.3, 0.4) is 0 Å². The first-order chi connectivity index (χ1) is 10.5. The van der Waals surface area contributed by atoms with Gasteiger partial charge < -0.3 is 15.3 Å². The van der Waals surface area contributed by atoms with Crippen molar-refractivity contribution in [3.05, 3.63) is 16.1 Å². The van der Waals surface area contributed by atoms with Crippen LogP contribution in [0.2, 0.25) is 0 Å². The number of aromatic nitrogens is 1. The van der Waals surface area contributed by atoms with E-state index in [1.54, 1.807) is 10.3 Å². The molecule has 120 valence electrons. The molecule has 2 rings (SSSR count). The molecular weight excluding hydrogens is 312 g/mol. The largest absolute Gasteiger partial charge is 0.390 e. The molecule has 0 spiro atoms. The maximum Gasteiger partial charge on any atom is 0.279 e. The average molecular weight is 331 g/mol. The van der Waals surface area contributed by atoms with Crippen LogP contribution in [0.25, 0.3) is 0 Å². The molecule has 2 N–H and O–H groups in total. The Morgan fingerprint density at radius 2 is 2.13 bits per heavy atom. The lowest BCUT2D eigenvalue weighted by Crippen LogP contribution is -2.63. The number of thiazole rings is 1. The molecule has 1 saturated heterocycles. The van der Waals surface area contributed by atoms with Gasteiger partial charge in [0.15, 0.2) is 5.01 Å². The van der Waals surface area contributed by atoms with E-state index in [2.05, 4.69) is 10.3 Å². The van der Waals surface area contributed by atoms with Crippen molar-refractivity contribution >= 4 is 38.8 Å². The van der Waals surface area contributed by atoms with Crippen molar-refractivity contribution in [2.24, 2.45) is 0 Å². The first-order valence-corrected chi connectivity index (χ1v) is 8.30. The molecule has 1 aliphatic heterocycles. The summed E-state index contributed by atoms with van der Waals surface area (Å²) in [7, 11) is 11.4. The fourth-order valence-corrected chi connectivity index (χ4v) is 2.94. The fraction of sp³-hybridized carbons (Fsp3) is 0.643. The van der Waals surface area contributed by atoms with Crippen LogP contribution in [-0.2, 0) is 0 Å². The molecule has 6 nitrogen and oxygen atoms in total. The van der Waals surface area contributed by atoms with Gasteiger partial charge in [-0.15, -0.1) is 11.3 Å². The Bertz CT molecular complexity index is 613. The topological polar surface area (TPSA) is 82.5 Å². The van der Waals surface area contributed by atoms with Crippen molar-refractivity contribution in [2.75, 3.05) is 6.54 Å². The third kappa shape index (κ3) is 3.77. The summed E-state index contributed by atoms with van der Waals surface area (Å²) in [5.41, 5.74) is -1.29. The monoisotopic (exact) mass is 331 g/mol. The zero-order valence-electron chi connectivity index (χ0n) is 13.5. The number of hydrogen-bond donors (Lipinski definition) is 2. The van der Waals surface area contributed by atoms with Gasteiger partial charge in [-0.2, -0.15) is 0 Å². The van der Waals surface area contributed by atoms with Gasteiger partial charge in [0.25, 0.3) is 11.8 Å². The van der Waals surface area contributed by atoms with E-state index >= 15 is 0 Å². The van der Waals surface area contributed by atoms with Gasteiger partial charge in [-0.3, -0.25) is 9.59 Å². The van der Waals surface area contributed by atoms with Crippen LogP contribution in [0.5, 0.6) is 0 Å². The normalized spacial score (nSPS) is 19.0. The number of carbonyl (C=O) groups excluding carboxylic acids is 2. The highest BCUT2D eigenvalue weighted by Gasteiger charge is 2.36. The van der Waals surface area contributed by atoms with Crippen molar-refractivity contribution < 1.29 is 14.7 Å². The summed E-state index contributed by atoms with van der Waals surface area (Å²) < 4.78 is 0. The lowest BCUT2D eigenvalue weighted by Gasteiger charge is -2.39. The van der Waals surface area contributed by atoms with E-state index in [9.17, 15) is 14.7 Å². The Hall–Kier alpha value is -1.34. The van der Waals surface area contributed by atoms with Crippen LogP contribution in [0.15, 0.2) is 5.38 Å². The molecule has 1 fully saturated rings. The highest BCUT2D eigenvalue weighted by molar-refractivity contribution is 7.11. The molecule has 1 aromatic rings. The minimum absolute atomic E-state index is 0.0738.